The van der Waals surface area contributed by atoms with E-state index in [4.69, 9.17) is 0 Å². The highest BCUT2D eigenvalue weighted by Gasteiger charge is 2.18. The number of rotatable bonds is 4. The van der Waals surface area contributed by atoms with Crippen molar-refractivity contribution >= 4 is 22.6 Å². The predicted molar refractivity (Wildman–Crippen MR) is 100 cm³/mol. The standard InChI is InChI=1S/C20H14F2N4O2/c21-13-7-9-14(10-8-13)26-20(28)15-4-3-11-23-19(15)25(26)12-18(27)24-17-6-2-1-5-16(17)22/h1-11H,12H2,(H,24,27). The van der Waals surface area contributed by atoms with Crippen LogP contribution >= 0.6 is 0 Å². The van der Waals surface area contributed by atoms with Crippen LogP contribution in [-0.4, -0.2) is 20.3 Å². The van der Waals surface area contributed by atoms with Crippen LogP contribution in [0.25, 0.3) is 16.7 Å². The first-order chi connectivity index (χ1) is 13.5. The lowest BCUT2D eigenvalue weighted by Gasteiger charge is -2.13. The third-order valence-corrected chi connectivity index (χ3v) is 4.21. The van der Waals surface area contributed by atoms with Crippen molar-refractivity contribution in [3.8, 4) is 5.69 Å². The molecule has 28 heavy (non-hydrogen) atoms. The number of aromatic nitrogens is 3. The molecule has 0 aliphatic rings. The maximum absolute atomic E-state index is 13.8. The fourth-order valence-electron chi connectivity index (χ4n) is 2.96. The summed E-state index contributed by atoms with van der Waals surface area (Å²) in [6, 6.07) is 14.3. The molecule has 6 nitrogen and oxygen atoms in total. The van der Waals surface area contributed by atoms with Crippen molar-refractivity contribution < 1.29 is 13.6 Å². The first-order valence-electron chi connectivity index (χ1n) is 8.41. The monoisotopic (exact) mass is 380 g/mol. The normalized spacial score (nSPS) is 10.9. The summed E-state index contributed by atoms with van der Waals surface area (Å²) in [6.07, 6.45) is 1.50. The summed E-state index contributed by atoms with van der Waals surface area (Å²) in [5, 5.41) is 2.79. The van der Waals surface area contributed by atoms with E-state index in [2.05, 4.69) is 10.3 Å². The van der Waals surface area contributed by atoms with Crippen LogP contribution in [0.4, 0.5) is 14.5 Å². The average molecular weight is 380 g/mol. The highest BCUT2D eigenvalue weighted by atomic mass is 19.1. The lowest BCUT2D eigenvalue weighted by molar-refractivity contribution is -0.117. The van der Waals surface area contributed by atoms with Gasteiger partial charge in [0, 0.05) is 6.20 Å². The average Bonchev–Trinajstić information content (AvgIpc) is 2.97. The van der Waals surface area contributed by atoms with Gasteiger partial charge < -0.3 is 5.32 Å². The fourth-order valence-corrected chi connectivity index (χ4v) is 2.96. The Bertz CT molecular complexity index is 1230. The van der Waals surface area contributed by atoms with E-state index in [1.807, 2.05) is 0 Å². The second kappa shape index (κ2) is 7.07. The minimum atomic E-state index is -0.567. The first kappa shape index (κ1) is 17.6. The molecule has 2 aromatic heterocycles. The summed E-state index contributed by atoms with van der Waals surface area (Å²) in [6.45, 7) is -0.290. The Hall–Kier alpha value is -3.81. The molecule has 4 aromatic rings. The largest absolute Gasteiger partial charge is 0.322 e. The molecule has 0 aliphatic carbocycles. The zero-order chi connectivity index (χ0) is 19.7. The van der Waals surface area contributed by atoms with Crippen molar-refractivity contribution in [1.29, 1.82) is 0 Å². The number of nitrogens with zero attached hydrogens (tertiary/aromatic N) is 3. The summed E-state index contributed by atoms with van der Waals surface area (Å²) in [5.74, 6) is -1.55. The van der Waals surface area contributed by atoms with E-state index in [1.165, 1.54) is 58.0 Å². The van der Waals surface area contributed by atoms with Crippen LogP contribution in [-0.2, 0) is 11.3 Å². The number of fused-ring (bicyclic) bond motifs is 1. The predicted octanol–water partition coefficient (Wildman–Crippen LogP) is 3.10. The van der Waals surface area contributed by atoms with Gasteiger partial charge in [-0.15, -0.1) is 0 Å². The number of hydrogen-bond acceptors (Lipinski definition) is 3. The van der Waals surface area contributed by atoms with E-state index >= 15 is 0 Å². The molecule has 0 spiro atoms. The number of hydrogen-bond donors (Lipinski definition) is 1. The molecule has 2 heterocycles. The maximum atomic E-state index is 13.8. The van der Waals surface area contributed by atoms with Gasteiger partial charge in [0.05, 0.1) is 16.8 Å². The number of benzene rings is 2. The van der Waals surface area contributed by atoms with Gasteiger partial charge in [0.25, 0.3) is 5.56 Å². The van der Waals surface area contributed by atoms with Crippen LogP contribution in [0.3, 0.4) is 0 Å². The molecular weight excluding hydrogens is 366 g/mol. The number of carbonyl (C=O) groups is 1. The van der Waals surface area contributed by atoms with Gasteiger partial charge in [-0.05, 0) is 48.5 Å². The van der Waals surface area contributed by atoms with Gasteiger partial charge >= 0.3 is 0 Å². The van der Waals surface area contributed by atoms with Crippen LogP contribution in [0.15, 0.2) is 71.7 Å². The summed E-state index contributed by atoms with van der Waals surface area (Å²) in [4.78, 5) is 29.6. The fraction of sp³-hybridized carbons (Fsp3) is 0.0500. The number of anilines is 1. The van der Waals surface area contributed by atoms with Gasteiger partial charge in [0.1, 0.15) is 18.2 Å². The highest BCUT2D eigenvalue weighted by Crippen LogP contribution is 2.16. The van der Waals surface area contributed by atoms with Crippen molar-refractivity contribution in [2.75, 3.05) is 5.32 Å². The Morgan fingerprint density at radius 3 is 2.50 bits per heavy atom. The molecule has 0 bridgehead atoms. The Balaban J connectivity index is 1.78. The molecule has 0 aliphatic heterocycles. The Morgan fingerprint density at radius 2 is 1.75 bits per heavy atom. The lowest BCUT2D eigenvalue weighted by Crippen LogP contribution is -2.27. The molecule has 4 rings (SSSR count). The second-order valence-electron chi connectivity index (χ2n) is 6.05. The van der Waals surface area contributed by atoms with Crippen molar-refractivity contribution in [1.82, 2.24) is 14.3 Å². The number of pyridine rings is 1. The van der Waals surface area contributed by atoms with Crippen molar-refractivity contribution in [3.05, 3.63) is 88.8 Å². The third-order valence-electron chi connectivity index (χ3n) is 4.21. The molecule has 0 saturated carbocycles. The van der Waals surface area contributed by atoms with E-state index in [9.17, 15) is 18.4 Å². The number of amides is 1. The summed E-state index contributed by atoms with van der Waals surface area (Å²) in [7, 11) is 0. The molecule has 2 aromatic carbocycles. The zero-order valence-corrected chi connectivity index (χ0v) is 14.5. The van der Waals surface area contributed by atoms with Crippen LogP contribution in [0, 0.1) is 11.6 Å². The summed E-state index contributed by atoms with van der Waals surface area (Å²) in [5.41, 5.74) is 0.310. The van der Waals surface area contributed by atoms with E-state index < -0.39 is 23.1 Å². The highest BCUT2D eigenvalue weighted by molar-refractivity contribution is 5.91. The van der Waals surface area contributed by atoms with E-state index in [1.54, 1.807) is 18.2 Å². The second-order valence-corrected chi connectivity index (χ2v) is 6.05. The summed E-state index contributed by atoms with van der Waals surface area (Å²) < 4.78 is 29.7. The van der Waals surface area contributed by atoms with Crippen LogP contribution in [0.5, 0.6) is 0 Å². The van der Waals surface area contributed by atoms with Gasteiger partial charge in [-0.3, -0.25) is 14.3 Å². The van der Waals surface area contributed by atoms with Crippen molar-refractivity contribution in [3.63, 3.8) is 0 Å². The number of halogens is 2. The lowest BCUT2D eigenvalue weighted by atomic mass is 10.3. The minimum absolute atomic E-state index is 0.0348. The molecule has 0 saturated heterocycles. The van der Waals surface area contributed by atoms with Gasteiger partial charge in [0.2, 0.25) is 5.91 Å². The molecule has 1 amide bonds. The molecular formula is C20H14F2N4O2. The van der Waals surface area contributed by atoms with Gasteiger partial charge in [-0.1, -0.05) is 12.1 Å². The van der Waals surface area contributed by atoms with E-state index in [0.29, 0.717) is 16.7 Å². The molecule has 0 fully saturated rings. The topological polar surface area (TPSA) is 68.9 Å². The number of para-hydroxylation sites is 1. The van der Waals surface area contributed by atoms with Gasteiger partial charge in [-0.25, -0.2) is 18.4 Å². The Morgan fingerprint density at radius 1 is 1.00 bits per heavy atom. The smallest absolute Gasteiger partial charge is 0.280 e. The molecule has 0 atom stereocenters. The minimum Gasteiger partial charge on any atom is -0.322 e. The van der Waals surface area contributed by atoms with Crippen molar-refractivity contribution in [2.45, 2.75) is 6.54 Å². The Labute approximate surface area is 157 Å². The molecule has 1 N–H and O–H groups in total. The Kier molecular flexibility index (Phi) is 4.44. The van der Waals surface area contributed by atoms with Crippen LogP contribution in [0.1, 0.15) is 0 Å². The number of carbonyl (C=O) groups excluding carboxylic acids is 1. The molecule has 0 radical (unpaired) electrons. The van der Waals surface area contributed by atoms with E-state index in [0.717, 1.165) is 0 Å². The van der Waals surface area contributed by atoms with Crippen LogP contribution < -0.4 is 10.9 Å². The van der Waals surface area contributed by atoms with Crippen molar-refractivity contribution in [2.24, 2.45) is 0 Å². The first-order valence-corrected chi connectivity index (χ1v) is 8.41. The molecule has 0 unspecified atom stereocenters. The van der Waals surface area contributed by atoms with Crippen LogP contribution in [0.2, 0.25) is 0 Å². The maximum Gasteiger partial charge on any atom is 0.280 e. The molecule has 140 valence electrons. The molecule has 8 heteroatoms. The number of nitrogens with one attached hydrogen (secondary N) is 1. The third kappa shape index (κ3) is 3.16. The quantitative estimate of drug-likeness (QED) is 0.592. The van der Waals surface area contributed by atoms with E-state index in [-0.39, 0.29) is 12.2 Å². The summed E-state index contributed by atoms with van der Waals surface area (Å²) >= 11 is 0. The SMILES string of the molecule is O=C(Cn1c2ncccc2c(=O)n1-c1ccc(F)cc1)Nc1ccccc1F. The zero-order valence-electron chi connectivity index (χ0n) is 14.5. The van der Waals surface area contributed by atoms with Gasteiger partial charge in [-0.2, -0.15) is 0 Å². The van der Waals surface area contributed by atoms with Gasteiger partial charge in [0.15, 0.2) is 5.65 Å².